The van der Waals surface area contributed by atoms with Crippen LogP contribution in [0.4, 0.5) is 0 Å². The lowest BCUT2D eigenvalue weighted by Gasteiger charge is -2.07. The van der Waals surface area contributed by atoms with E-state index in [1.165, 1.54) is 0 Å². The Morgan fingerprint density at radius 3 is 2.68 bits per heavy atom. The van der Waals surface area contributed by atoms with Crippen molar-refractivity contribution in [3.63, 3.8) is 0 Å². The predicted octanol–water partition coefficient (Wildman–Crippen LogP) is 1.19. The third-order valence-corrected chi connectivity index (χ3v) is 3.75. The summed E-state index contributed by atoms with van der Waals surface area (Å²) in [6.45, 7) is 2.13. The molecule has 2 fully saturated rings. The van der Waals surface area contributed by atoms with Gasteiger partial charge in [-0.3, -0.25) is 9.78 Å². The zero-order valence-electron chi connectivity index (χ0n) is 10.5. The van der Waals surface area contributed by atoms with Gasteiger partial charge in [0, 0.05) is 37.4 Å². The molecule has 2 N–H and O–H groups in total. The van der Waals surface area contributed by atoms with Crippen molar-refractivity contribution in [2.24, 2.45) is 11.8 Å². The maximum Gasteiger partial charge on any atom is 0.220 e. The topological polar surface area (TPSA) is 54.0 Å². The van der Waals surface area contributed by atoms with E-state index in [1.807, 2.05) is 18.2 Å². The number of nitrogens with one attached hydrogen (secondary N) is 2. The first kappa shape index (κ1) is 16.2. The molecule has 2 atom stereocenters. The summed E-state index contributed by atoms with van der Waals surface area (Å²) in [6, 6.07) is 6.25. The molecule has 0 spiro atoms. The highest BCUT2D eigenvalue weighted by atomic mass is 35.5. The molecule has 4 nitrogen and oxygen atoms in total. The second kappa shape index (κ2) is 7.08. The van der Waals surface area contributed by atoms with Crippen LogP contribution in [0.1, 0.15) is 12.1 Å². The number of nitrogens with zero attached hydrogens (tertiary/aromatic N) is 1. The number of amides is 1. The minimum Gasteiger partial charge on any atom is -0.353 e. The van der Waals surface area contributed by atoms with Crippen molar-refractivity contribution in [2.75, 3.05) is 13.1 Å². The van der Waals surface area contributed by atoms with Gasteiger partial charge in [0.15, 0.2) is 0 Å². The fraction of sp³-hybridized carbons (Fsp3) is 0.538. The van der Waals surface area contributed by atoms with Gasteiger partial charge in [0.05, 0.1) is 0 Å². The molecular formula is C13H19Cl2N3O. The average Bonchev–Trinajstić information content (AvgIpc) is 2.79. The lowest BCUT2D eigenvalue weighted by Crippen LogP contribution is -2.32. The summed E-state index contributed by atoms with van der Waals surface area (Å²) in [6.07, 6.45) is 3.04. The highest BCUT2D eigenvalue weighted by Crippen LogP contribution is 2.41. The first-order valence-corrected chi connectivity index (χ1v) is 6.24. The van der Waals surface area contributed by atoms with Gasteiger partial charge in [-0.25, -0.2) is 0 Å². The van der Waals surface area contributed by atoms with Crippen LogP contribution in [0.25, 0.3) is 0 Å². The highest BCUT2D eigenvalue weighted by Gasteiger charge is 2.53. The number of hydrogen-bond donors (Lipinski definition) is 2. The van der Waals surface area contributed by atoms with E-state index >= 15 is 0 Å². The fourth-order valence-electron chi connectivity index (χ4n) is 2.68. The summed E-state index contributed by atoms with van der Waals surface area (Å²) in [5.74, 6) is 1.54. The van der Waals surface area contributed by atoms with Crippen LogP contribution in [-0.2, 0) is 11.2 Å². The van der Waals surface area contributed by atoms with Crippen molar-refractivity contribution in [1.82, 2.24) is 15.6 Å². The summed E-state index contributed by atoms with van der Waals surface area (Å²) >= 11 is 0. The standard InChI is InChI=1S/C13H17N3O.2ClH/c17-12(5-4-9-3-1-2-6-15-9)16-13-10-7-14-8-11(10)13;;/h1-3,6,10-11,13-14H,4-5,7-8H2,(H,16,17);2*1H. The molecule has 2 aliphatic rings. The van der Waals surface area contributed by atoms with E-state index in [2.05, 4.69) is 15.6 Å². The van der Waals surface area contributed by atoms with Crippen LogP contribution in [0.3, 0.4) is 0 Å². The molecule has 2 heterocycles. The molecule has 1 aromatic rings. The van der Waals surface area contributed by atoms with Gasteiger partial charge in [-0.1, -0.05) is 6.07 Å². The summed E-state index contributed by atoms with van der Waals surface area (Å²) < 4.78 is 0. The fourth-order valence-corrected chi connectivity index (χ4v) is 2.68. The molecule has 2 unspecified atom stereocenters. The molecule has 0 radical (unpaired) electrons. The molecule has 0 bridgehead atoms. The number of piperidine rings is 1. The Morgan fingerprint density at radius 2 is 2.05 bits per heavy atom. The Hall–Kier alpha value is -0.840. The van der Waals surface area contributed by atoms with Crippen LogP contribution < -0.4 is 10.6 Å². The van der Waals surface area contributed by atoms with Crippen molar-refractivity contribution < 1.29 is 4.79 Å². The zero-order chi connectivity index (χ0) is 11.7. The summed E-state index contributed by atoms with van der Waals surface area (Å²) in [5.41, 5.74) is 0.986. The second-order valence-electron chi connectivity index (χ2n) is 4.90. The SMILES string of the molecule is Cl.Cl.O=C(CCc1ccccn1)NC1C2CNCC21. The van der Waals surface area contributed by atoms with Crippen molar-refractivity contribution in [2.45, 2.75) is 18.9 Å². The lowest BCUT2D eigenvalue weighted by atomic mass is 10.2. The molecule has 3 rings (SSSR count). The van der Waals surface area contributed by atoms with Gasteiger partial charge < -0.3 is 10.6 Å². The van der Waals surface area contributed by atoms with E-state index in [9.17, 15) is 4.79 Å². The maximum atomic E-state index is 11.7. The number of pyridine rings is 1. The number of carbonyl (C=O) groups is 1. The number of fused-ring (bicyclic) bond motifs is 1. The van der Waals surface area contributed by atoms with Gasteiger partial charge in [0.25, 0.3) is 0 Å². The molecule has 1 aromatic heterocycles. The third-order valence-electron chi connectivity index (χ3n) is 3.75. The Bertz CT molecular complexity index is 406. The molecule has 1 saturated carbocycles. The van der Waals surface area contributed by atoms with Gasteiger partial charge in [-0.05, 0) is 30.4 Å². The molecule has 6 heteroatoms. The van der Waals surface area contributed by atoms with E-state index in [0.29, 0.717) is 24.3 Å². The normalized spacial score (nSPS) is 26.6. The lowest BCUT2D eigenvalue weighted by molar-refractivity contribution is -0.121. The monoisotopic (exact) mass is 303 g/mol. The van der Waals surface area contributed by atoms with Gasteiger partial charge in [-0.15, -0.1) is 24.8 Å². The second-order valence-corrected chi connectivity index (χ2v) is 4.90. The molecule has 0 aromatic carbocycles. The van der Waals surface area contributed by atoms with Crippen LogP contribution in [-0.4, -0.2) is 30.0 Å². The van der Waals surface area contributed by atoms with E-state index in [4.69, 9.17) is 0 Å². The molecular weight excluding hydrogens is 285 g/mol. The Kier molecular flexibility index (Phi) is 6.04. The minimum absolute atomic E-state index is 0. The van der Waals surface area contributed by atoms with E-state index in [0.717, 1.165) is 25.2 Å². The highest BCUT2D eigenvalue weighted by molar-refractivity contribution is 5.85. The Balaban J connectivity index is 0.000000902. The van der Waals surface area contributed by atoms with Gasteiger partial charge in [0.1, 0.15) is 0 Å². The summed E-state index contributed by atoms with van der Waals surface area (Å²) in [7, 11) is 0. The average molecular weight is 304 g/mol. The van der Waals surface area contributed by atoms with Gasteiger partial charge >= 0.3 is 0 Å². The number of aryl methyl sites for hydroxylation is 1. The molecule has 19 heavy (non-hydrogen) atoms. The summed E-state index contributed by atoms with van der Waals surface area (Å²) in [5, 5.41) is 6.44. The number of aromatic nitrogens is 1. The van der Waals surface area contributed by atoms with E-state index in [1.54, 1.807) is 6.20 Å². The van der Waals surface area contributed by atoms with Crippen LogP contribution in [0.5, 0.6) is 0 Å². The van der Waals surface area contributed by atoms with Gasteiger partial charge in [-0.2, -0.15) is 0 Å². The Labute approximate surface area is 125 Å². The number of carbonyl (C=O) groups excluding carboxylic acids is 1. The largest absolute Gasteiger partial charge is 0.353 e. The van der Waals surface area contributed by atoms with Gasteiger partial charge in [0.2, 0.25) is 5.91 Å². The number of rotatable bonds is 4. The first-order chi connectivity index (χ1) is 8.34. The molecule has 1 aliphatic carbocycles. The van der Waals surface area contributed by atoms with Crippen molar-refractivity contribution in [3.05, 3.63) is 30.1 Å². The van der Waals surface area contributed by atoms with E-state index in [-0.39, 0.29) is 30.7 Å². The third kappa shape index (κ3) is 3.81. The van der Waals surface area contributed by atoms with Crippen LogP contribution in [0.15, 0.2) is 24.4 Å². The zero-order valence-corrected chi connectivity index (χ0v) is 12.2. The van der Waals surface area contributed by atoms with Crippen LogP contribution in [0, 0.1) is 11.8 Å². The first-order valence-electron chi connectivity index (χ1n) is 6.24. The number of halogens is 2. The van der Waals surface area contributed by atoms with Crippen LogP contribution in [0.2, 0.25) is 0 Å². The van der Waals surface area contributed by atoms with Crippen LogP contribution >= 0.6 is 24.8 Å². The van der Waals surface area contributed by atoms with E-state index < -0.39 is 0 Å². The molecule has 106 valence electrons. The predicted molar refractivity (Wildman–Crippen MR) is 78.8 cm³/mol. The number of hydrogen-bond acceptors (Lipinski definition) is 3. The molecule has 1 aliphatic heterocycles. The minimum atomic E-state index is 0. The van der Waals surface area contributed by atoms with Crippen molar-refractivity contribution >= 4 is 30.7 Å². The quantitative estimate of drug-likeness (QED) is 0.878. The summed E-state index contributed by atoms with van der Waals surface area (Å²) in [4.78, 5) is 16.0. The maximum absolute atomic E-state index is 11.7. The van der Waals surface area contributed by atoms with Crippen molar-refractivity contribution in [3.8, 4) is 0 Å². The Morgan fingerprint density at radius 1 is 1.32 bits per heavy atom. The van der Waals surface area contributed by atoms with Crippen molar-refractivity contribution in [1.29, 1.82) is 0 Å². The molecule has 1 saturated heterocycles. The smallest absolute Gasteiger partial charge is 0.220 e. The molecule has 1 amide bonds.